The summed E-state index contributed by atoms with van der Waals surface area (Å²) in [4.78, 5) is 7.30. The molecule has 1 N–H and O–H groups in total. The van der Waals surface area contributed by atoms with Gasteiger partial charge in [0.15, 0.2) is 17.9 Å². The third-order valence-electron chi connectivity index (χ3n) is 4.33. The predicted octanol–water partition coefficient (Wildman–Crippen LogP) is 3.73. The molecule has 0 bridgehead atoms. The molecule has 2 heterocycles. The van der Waals surface area contributed by atoms with Gasteiger partial charge in [0.2, 0.25) is 0 Å². The second-order valence-corrected chi connectivity index (χ2v) is 5.78. The molecule has 0 aliphatic rings. The molecule has 118 valence electrons. The second kappa shape index (κ2) is 7.23. The Balaban J connectivity index is 1.95. The van der Waals surface area contributed by atoms with Gasteiger partial charge >= 0.3 is 0 Å². The molecule has 0 spiro atoms. The maximum atomic E-state index is 4.11. The molecular weight excluding hydrogens is 282 g/mol. The van der Waals surface area contributed by atoms with Crippen LogP contribution in [0.5, 0.6) is 0 Å². The summed E-state index contributed by atoms with van der Waals surface area (Å²) < 4.78 is 2.47. The lowest BCUT2D eigenvalue weighted by molar-refractivity contribution is -0.710. The molecule has 2 aromatic heterocycles. The van der Waals surface area contributed by atoms with E-state index in [1.54, 1.807) is 6.33 Å². The van der Waals surface area contributed by atoms with Crippen molar-refractivity contribution >= 4 is 0 Å². The Morgan fingerprint density at radius 2 is 1.65 bits per heavy atom. The molecule has 0 unspecified atom stereocenters. The van der Waals surface area contributed by atoms with E-state index in [0.717, 1.165) is 25.8 Å². The maximum Gasteiger partial charge on any atom is 0.181 e. The quantitative estimate of drug-likeness (QED) is 0.692. The van der Waals surface area contributed by atoms with E-state index < -0.39 is 0 Å². The van der Waals surface area contributed by atoms with Crippen LogP contribution >= 0.6 is 0 Å². The Morgan fingerprint density at radius 3 is 2.22 bits per heavy atom. The monoisotopic (exact) mass is 306 g/mol. The molecule has 0 atom stereocenters. The minimum Gasteiger partial charge on any atom is -0.348 e. The lowest BCUT2D eigenvalue weighted by atomic mass is 10.0. The molecule has 3 rings (SSSR count). The van der Waals surface area contributed by atoms with Crippen molar-refractivity contribution in [1.29, 1.82) is 0 Å². The van der Waals surface area contributed by atoms with E-state index >= 15 is 0 Å². The number of aryl methyl sites for hydroxylation is 3. The van der Waals surface area contributed by atoms with Gasteiger partial charge in [-0.25, -0.2) is 4.98 Å². The van der Waals surface area contributed by atoms with Gasteiger partial charge in [0, 0.05) is 43.3 Å². The van der Waals surface area contributed by atoms with Crippen molar-refractivity contribution in [3.05, 3.63) is 72.1 Å². The van der Waals surface area contributed by atoms with Gasteiger partial charge in [-0.3, -0.25) is 0 Å². The van der Waals surface area contributed by atoms with Gasteiger partial charge in [-0.05, 0) is 11.1 Å². The smallest absolute Gasteiger partial charge is 0.181 e. The summed E-state index contributed by atoms with van der Waals surface area (Å²) in [5.41, 5.74) is 6.58. The van der Waals surface area contributed by atoms with E-state index in [2.05, 4.69) is 70.8 Å². The third kappa shape index (κ3) is 3.50. The molecule has 0 fully saturated rings. The van der Waals surface area contributed by atoms with Crippen molar-refractivity contribution in [1.82, 2.24) is 9.97 Å². The van der Waals surface area contributed by atoms with E-state index in [1.165, 1.54) is 28.2 Å². The second-order valence-electron chi connectivity index (χ2n) is 5.78. The Kier molecular flexibility index (Phi) is 4.86. The lowest BCUT2D eigenvalue weighted by Gasteiger charge is -2.10. The number of benzene rings is 1. The van der Waals surface area contributed by atoms with Crippen LogP contribution < -0.4 is 4.57 Å². The van der Waals surface area contributed by atoms with Gasteiger partial charge in [0.1, 0.15) is 0 Å². The summed E-state index contributed by atoms with van der Waals surface area (Å²) in [5.74, 6) is 0. The molecule has 0 aliphatic carbocycles. The molecule has 3 aromatic rings. The van der Waals surface area contributed by atoms with E-state index in [9.17, 15) is 0 Å². The van der Waals surface area contributed by atoms with Crippen molar-refractivity contribution in [2.24, 2.45) is 0 Å². The first kappa shape index (κ1) is 15.5. The molecule has 0 aliphatic heterocycles. The number of pyridine rings is 1. The number of aromatic nitrogens is 3. The van der Waals surface area contributed by atoms with Crippen LogP contribution in [0.3, 0.4) is 0 Å². The fourth-order valence-corrected chi connectivity index (χ4v) is 3.06. The van der Waals surface area contributed by atoms with Crippen LogP contribution in [0.15, 0.2) is 55.0 Å². The summed E-state index contributed by atoms with van der Waals surface area (Å²) in [7, 11) is 0. The topological polar surface area (TPSA) is 32.6 Å². The van der Waals surface area contributed by atoms with Crippen LogP contribution in [0, 0.1) is 0 Å². The van der Waals surface area contributed by atoms with Crippen LogP contribution in [-0.2, 0) is 25.8 Å². The average Bonchev–Trinajstić information content (AvgIpc) is 3.13. The number of nitrogens with zero attached hydrogens (tertiary/aromatic N) is 2. The Morgan fingerprint density at radius 1 is 0.957 bits per heavy atom. The van der Waals surface area contributed by atoms with Gasteiger partial charge in [-0.15, -0.1) is 0 Å². The normalized spacial score (nSPS) is 10.9. The maximum absolute atomic E-state index is 4.11. The minimum absolute atomic E-state index is 0.981. The number of H-pyrrole nitrogens is 1. The van der Waals surface area contributed by atoms with Gasteiger partial charge in [0.25, 0.3) is 0 Å². The number of hydrogen-bond donors (Lipinski definition) is 1. The fraction of sp³-hybridized carbons (Fsp3) is 0.300. The summed E-state index contributed by atoms with van der Waals surface area (Å²) >= 11 is 0. The Bertz CT molecular complexity index is 721. The first-order chi connectivity index (χ1) is 11.3. The van der Waals surface area contributed by atoms with E-state index in [0.29, 0.717) is 0 Å². The molecule has 0 radical (unpaired) electrons. The summed E-state index contributed by atoms with van der Waals surface area (Å²) in [6.45, 7) is 5.45. The summed E-state index contributed by atoms with van der Waals surface area (Å²) in [6.07, 6.45) is 6.72. The van der Waals surface area contributed by atoms with Crippen LogP contribution in [0.4, 0.5) is 0 Å². The fourth-order valence-electron chi connectivity index (χ4n) is 3.06. The number of aromatic amines is 1. The zero-order chi connectivity index (χ0) is 16.1. The predicted molar refractivity (Wildman–Crippen MR) is 93.1 cm³/mol. The van der Waals surface area contributed by atoms with Crippen LogP contribution in [0.25, 0.3) is 11.1 Å². The molecule has 0 saturated carbocycles. The van der Waals surface area contributed by atoms with Crippen molar-refractivity contribution in [2.45, 2.75) is 39.7 Å². The molecule has 0 amide bonds. The standard InChI is InChI=1S/C20H24N3/c1-3-19-12-17(16-8-6-5-7-9-16)13-20(4-2)23(19)11-10-18-14-21-15-22-18/h5-9,12-15H,3-4,10-11H2,1-2H3,(H,21,22)/q+1. The molecular formula is C20H24N3+. The van der Waals surface area contributed by atoms with E-state index in [4.69, 9.17) is 0 Å². The largest absolute Gasteiger partial charge is 0.348 e. The molecule has 1 aromatic carbocycles. The molecule has 0 saturated heterocycles. The van der Waals surface area contributed by atoms with E-state index in [1.807, 2.05) is 6.20 Å². The SMILES string of the molecule is CCc1cc(-c2ccccc2)cc(CC)[n+]1CCc1cnc[nH]1. The highest BCUT2D eigenvalue weighted by molar-refractivity contribution is 5.63. The Labute approximate surface area is 138 Å². The van der Waals surface area contributed by atoms with Crippen molar-refractivity contribution in [3.8, 4) is 11.1 Å². The lowest BCUT2D eigenvalue weighted by Crippen LogP contribution is -2.43. The van der Waals surface area contributed by atoms with E-state index in [-0.39, 0.29) is 0 Å². The highest BCUT2D eigenvalue weighted by Crippen LogP contribution is 2.20. The number of imidazole rings is 1. The number of rotatable bonds is 6. The molecule has 3 nitrogen and oxygen atoms in total. The Hall–Kier alpha value is -2.42. The average molecular weight is 306 g/mol. The van der Waals surface area contributed by atoms with Gasteiger partial charge < -0.3 is 4.98 Å². The minimum atomic E-state index is 0.981. The number of hydrogen-bond acceptors (Lipinski definition) is 1. The van der Waals surface area contributed by atoms with Crippen LogP contribution in [0.1, 0.15) is 30.9 Å². The van der Waals surface area contributed by atoms with Crippen LogP contribution in [0.2, 0.25) is 0 Å². The first-order valence-corrected chi connectivity index (χ1v) is 8.40. The highest BCUT2D eigenvalue weighted by atomic mass is 15.0. The zero-order valence-corrected chi connectivity index (χ0v) is 13.9. The van der Waals surface area contributed by atoms with Crippen molar-refractivity contribution < 1.29 is 4.57 Å². The third-order valence-corrected chi connectivity index (χ3v) is 4.33. The van der Waals surface area contributed by atoms with Crippen molar-refractivity contribution in [2.75, 3.05) is 0 Å². The number of nitrogens with one attached hydrogen (secondary N) is 1. The van der Waals surface area contributed by atoms with Crippen LogP contribution in [-0.4, -0.2) is 9.97 Å². The van der Waals surface area contributed by atoms with Crippen molar-refractivity contribution in [3.63, 3.8) is 0 Å². The molecule has 3 heteroatoms. The van der Waals surface area contributed by atoms with Gasteiger partial charge in [-0.2, -0.15) is 4.57 Å². The molecule has 23 heavy (non-hydrogen) atoms. The summed E-state index contributed by atoms with van der Waals surface area (Å²) in [5, 5.41) is 0. The van der Waals surface area contributed by atoms with Gasteiger partial charge in [0.05, 0.1) is 6.33 Å². The highest BCUT2D eigenvalue weighted by Gasteiger charge is 2.17. The summed E-state index contributed by atoms with van der Waals surface area (Å²) in [6, 6.07) is 15.3. The van der Waals surface area contributed by atoms with Gasteiger partial charge in [-0.1, -0.05) is 44.2 Å². The first-order valence-electron chi connectivity index (χ1n) is 8.40. The zero-order valence-electron chi connectivity index (χ0n) is 13.9.